The molecule has 0 aliphatic carbocycles. The van der Waals surface area contributed by atoms with Crippen molar-refractivity contribution in [1.29, 1.82) is 0 Å². The SMILES string of the molecule is C=CC(=O)OCCNC(=O)N(CCCNC(=O)C(C)(CC(C)(C)C)C(C)C)C(C)=O. The molecule has 4 amide bonds. The molecule has 0 aromatic carbocycles. The van der Waals surface area contributed by atoms with Gasteiger partial charge in [0, 0.05) is 31.5 Å². The fraction of sp³-hybridized carbons (Fsp3) is 0.727. The van der Waals surface area contributed by atoms with Crippen molar-refractivity contribution < 1.29 is 23.9 Å². The molecule has 0 rings (SSSR count). The largest absolute Gasteiger partial charge is 0.461 e. The molecular weight excluding hydrogens is 386 g/mol. The van der Waals surface area contributed by atoms with E-state index in [-0.39, 0.29) is 36.9 Å². The van der Waals surface area contributed by atoms with Crippen LogP contribution in [0.1, 0.15) is 61.3 Å². The Morgan fingerprint density at radius 1 is 1.07 bits per heavy atom. The molecule has 2 N–H and O–H groups in total. The molecule has 0 spiro atoms. The van der Waals surface area contributed by atoms with Crippen molar-refractivity contribution in [3.05, 3.63) is 12.7 Å². The Labute approximate surface area is 180 Å². The first-order valence-electron chi connectivity index (χ1n) is 10.4. The highest BCUT2D eigenvalue weighted by Gasteiger charge is 2.39. The molecule has 8 nitrogen and oxygen atoms in total. The molecule has 0 aliphatic heterocycles. The maximum absolute atomic E-state index is 12.8. The summed E-state index contributed by atoms with van der Waals surface area (Å²) < 4.78 is 4.77. The number of hydrogen-bond acceptors (Lipinski definition) is 5. The molecule has 0 bridgehead atoms. The van der Waals surface area contributed by atoms with E-state index in [9.17, 15) is 19.2 Å². The number of carbonyl (C=O) groups is 4. The second kappa shape index (κ2) is 12.3. The highest BCUT2D eigenvalue weighted by atomic mass is 16.5. The number of nitrogens with zero attached hydrogens (tertiary/aromatic N) is 1. The molecule has 0 fully saturated rings. The van der Waals surface area contributed by atoms with E-state index in [1.165, 1.54) is 6.92 Å². The van der Waals surface area contributed by atoms with E-state index in [2.05, 4.69) is 38.0 Å². The van der Waals surface area contributed by atoms with E-state index in [4.69, 9.17) is 4.74 Å². The molecule has 0 heterocycles. The first-order valence-corrected chi connectivity index (χ1v) is 10.4. The first kappa shape index (κ1) is 27.6. The van der Waals surface area contributed by atoms with Crippen LogP contribution >= 0.6 is 0 Å². The van der Waals surface area contributed by atoms with Crippen LogP contribution in [0.25, 0.3) is 0 Å². The summed E-state index contributed by atoms with van der Waals surface area (Å²) >= 11 is 0. The lowest BCUT2D eigenvalue weighted by molar-refractivity contribution is -0.137. The fourth-order valence-corrected chi connectivity index (χ4v) is 3.16. The van der Waals surface area contributed by atoms with Gasteiger partial charge in [0.25, 0.3) is 0 Å². The highest BCUT2D eigenvalue weighted by molar-refractivity contribution is 5.93. The topological polar surface area (TPSA) is 105 Å². The van der Waals surface area contributed by atoms with E-state index in [1.807, 2.05) is 20.8 Å². The minimum Gasteiger partial charge on any atom is -0.461 e. The number of nitrogens with one attached hydrogen (secondary N) is 2. The molecule has 0 saturated heterocycles. The number of esters is 1. The Balaban J connectivity index is 4.60. The number of urea groups is 1. The average molecular weight is 426 g/mol. The van der Waals surface area contributed by atoms with Gasteiger partial charge in [0.1, 0.15) is 6.61 Å². The molecule has 172 valence electrons. The molecule has 8 heteroatoms. The van der Waals surface area contributed by atoms with E-state index in [0.717, 1.165) is 17.4 Å². The number of hydrogen-bond donors (Lipinski definition) is 2. The summed E-state index contributed by atoms with van der Waals surface area (Å²) in [5.74, 6) is -0.827. The molecule has 0 aliphatic rings. The van der Waals surface area contributed by atoms with Gasteiger partial charge < -0.3 is 15.4 Å². The van der Waals surface area contributed by atoms with Crippen LogP contribution in [0.15, 0.2) is 12.7 Å². The Morgan fingerprint density at radius 3 is 2.13 bits per heavy atom. The predicted octanol–water partition coefficient (Wildman–Crippen LogP) is 2.88. The van der Waals surface area contributed by atoms with Gasteiger partial charge in [-0.2, -0.15) is 0 Å². The third-order valence-corrected chi connectivity index (χ3v) is 4.95. The van der Waals surface area contributed by atoms with Crippen LogP contribution < -0.4 is 10.6 Å². The monoisotopic (exact) mass is 425 g/mol. The summed E-state index contributed by atoms with van der Waals surface area (Å²) in [6, 6.07) is -0.566. The quantitative estimate of drug-likeness (QED) is 0.301. The highest BCUT2D eigenvalue weighted by Crippen LogP contribution is 2.39. The van der Waals surface area contributed by atoms with Crippen molar-refractivity contribution in [3.8, 4) is 0 Å². The lowest BCUT2D eigenvalue weighted by Crippen LogP contribution is -2.47. The summed E-state index contributed by atoms with van der Waals surface area (Å²) in [4.78, 5) is 48.8. The van der Waals surface area contributed by atoms with Gasteiger partial charge >= 0.3 is 12.0 Å². The second-order valence-electron chi connectivity index (χ2n) is 9.19. The lowest BCUT2D eigenvalue weighted by atomic mass is 9.68. The van der Waals surface area contributed by atoms with Crippen LogP contribution in [-0.4, -0.2) is 55.0 Å². The van der Waals surface area contributed by atoms with Crippen molar-refractivity contribution in [2.75, 3.05) is 26.2 Å². The zero-order valence-electron chi connectivity index (χ0n) is 19.6. The second-order valence-corrected chi connectivity index (χ2v) is 9.19. The van der Waals surface area contributed by atoms with Gasteiger partial charge in [-0.15, -0.1) is 0 Å². The van der Waals surface area contributed by atoms with Crippen molar-refractivity contribution in [1.82, 2.24) is 15.5 Å². The van der Waals surface area contributed by atoms with Crippen LogP contribution in [0.4, 0.5) is 4.79 Å². The fourth-order valence-electron chi connectivity index (χ4n) is 3.16. The minimum absolute atomic E-state index is 0.0138. The maximum Gasteiger partial charge on any atom is 0.330 e. The molecule has 1 atom stereocenters. The van der Waals surface area contributed by atoms with E-state index < -0.39 is 23.3 Å². The van der Waals surface area contributed by atoms with E-state index >= 15 is 0 Å². The van der Waals surface area contributed by atoms with Gasteiger partial charge in [-0.3, -0.25) is 14.5 Å². The third-order valence-electron chi connectivity index (χ3n) is 4.95. The zero-order chi connectivity index (χ0) is 23.5. The molecular formula is C22H39N3O5. The molecule has 0 aromatic heterocycles. The number of rotatable bonds is 11. The van der Waals surface area contributed by atoms with Gasteiger partial charge in [-0.25, -0.2) is 9.59 Å². The Hall–Kier alpha value is -2.38. The standard InChI is InChI=1S/C22H39N3O5/c1-9-18(27)30-14-12-24-20(29)25(17(4)26)13-10-11-23-19(28)22(8,16(2)3)15-21(5,6)7/h9,16H,1,10-15H2,2-8H3,(H,23,28)(H,24,29). The summed E-state index contributed by atoms with van der Waals surface area (Å²) in [6.07, 6.45) is 2.22. The van der Waals surface area contributed by atoms with Gasteiger partial charge in [-0.1, -0.05) is 48.1 Å². The van der Waals surface area contributed by atoms with Crippen LogP contribution in [0, 0.1) is 16.7 Å². The van der Waals surface area contributed by atoms with E-state index in [1.54, 1.807) is 0 Å². The lowest BCUT2D eigenvalue weighted by Gasteiger charge is -2.37. The summed E-state index contributed by atoms with van der Waals surface area (Å²) in [5, 5.41) is 5.48. The van der Waals surface area contributed by atoms with Crippen LogP contribution in [0.5, 0.6) is 0 Å². The number of ether oxygens (including phenoxy) is 1. The first-order chi connectivity index (χ1) is 13.7. The predicted molar refractivity (Wildman–Crippen MR) is 117 cm³/mol. The minimum atomic E-state index is -0.580. The molecule has 1 unspecified atom stereocenters. The van der Waals surface area contributed by atoms with Gasteiger partial charge in [-0.05, 0) is 24.2 Å². The van der Waals surface area contributed by atoms with Crippen LogP contribution in [0.3, 0.4) is 0 Å². The summed E-state index contributed by atoms with van der Waals surface area (Å²) in [6.45, 7) is 17.6. The number of amides is 4. The molecule has 0 aromatic rings. The van der Waals surface area contributed by atoms with E-state index in [0.29, 0.717) is 13.0 Å². The van der Waals surface area contributed by atoms with Crippen molar-refractivity contribution in [2.24, 2.45) is 16.7 Å². The van der Waals surface area contributed by atoms with Gasteiger partial charge in [0.15, 0.2) is 0 Å². The zero-order valence-corrected chi connectivity index (χ0v) is 19.6. The van der Waals surface area contributed by atoms with Crippen LogP contribution in [0.2, 0.25) is 0 Å². The number of imide groups is 1. The Bertz CT molecular complexity index is 625. The molecule has 0 saturated carbocycles. The third kappa shape index (κ3) is 9.89. The van der Waals surface area contributed by atoms with Crippen molar-refractivity contribution in [2.45, 2.75) is 61.3 Å². The molecule has 0 radical (unpaired) electrons. The van der Waals surface area contributed by atoms with Gasteiger partial charge in [0.05, 0.1) is 6.54 Å². The maximum atomic E-state index is 12.8. The smallest absolute Gasteiger partial charge is 0.330 e. The van der Waals surface area contributed by atoms with Gasteiger partial charge in [0.2, 0.25) is 11.8 Å². The average Bonchev–Trinajstić information content (AvgIpc) is 2.62. The summed E-state index contributed by atoms with van der Waals surface area (Å²) in [7, 11) is 0. The van der Waals surface area contributed by atoms with Crippen molar-refractivity contribution in [3.63, 3.8) is 0 Å². The Kier molecular flexibility index (Phi) is 11.4. The van der Waals surface area contributed by atoms with Crippen molar-refractivity contribution >= 4 is 23.8 Å². The number of carbonyl (C=O) groups excluding carboxylic acids is 4. The Morgan fingerprint density at radius 2 is 1.67 bits per heavy atom. The van der Waals surface area contributed by atoms with Crippen LogP contribution in [-0.2, 0) is 19.1 Å². The molecule has 30 heavy (non-hydrogen) atoms. The summed E-state index contributed by atoms with van der Waals surface area (Å²) in [5.41, 5.74) is -0.487. The normalized spacial score (nSPS) is 13.2.